The van der Waals surface area contributed by atoms with Crippen LogP contribution in [-0.2, 0) is 25.7 Å². The first-order valence-corrected chi connectivity index (χ1v) is 8.29. The maximum atomic E-state index is 12.2. The van der Waals surface area contributed by atoms with E-state index < -0.39 is 18.0 Å². The number of benzene rings is 1. The largest absolute Gasteiger partial charge is 0.452 e. The lowest BCUT2D eigenvalue weighted by Crippen LogP contribution is -2.37. The Hall–Kier alpha value is -2.08. The van der Waals surface area contributed by atoms with E-state index in [4.69, 9.17) is 16.3 Å². The SMILES string of the molecule is CCNC(=O)[C@H](C)OC(=O)[C@@H]1CC(=O)N(Cc2ccccc2Cl)C1. The number of likely N-dealkylation sites (N-methyl/N-ethyl adjacent to an activating group) is 1. The second-order valence-corrected chi connectivity index (χ2v) is 6.15. The summed E-state index contributed by atoms with van der Waals surface area (Å²) in [5.41, 5.74) is 0.831. The summed E-state index contributed by atoms with van der Waals surface area (Å²) in [6, 6.07) is 7.28. The second-order valence-electron chi connectivity index (χ2n) is 5.74. The van der Waals surface area contributed by atoms with Crippen LogP contribution in [0.3, 0.4) is 0 Å². The Labute approximate surface area is 146 Å². The molecule has 1 aromatic rings. The molecule has 0 radical (unpaired) electrons. The molecule has 0 aromatic heterocycles. The van der Waals surface area contributed by atoms with Crippen LogP contribution in [0.2, 0.25) is 5.02 Å². The van der Waals surface area contributed by atoms with Gasteiger partial charge in [0, 0.05) is 31.1 Å². The molecule has 0 spiro atoms. The topological polar surface area (TPSA) is 75.7 Å². The number of halogens is 1. The van der Waals surface area contributed by atoms with E-state index in [1.54, 1.807) is 17.9 Å². The van der Waals surface area contributed by atoms with Gasteiger partial charge < -0.3 is 15.0 Å². The van der Waals surface area contributed by atoms with Crippen molar-refractivity contribution in [1.82, 2.24) is 10.2 Å². The molecular formula is C17H21ClN2O4. The summed E-state index contributed by atoms with van der Waals surface area (Å²) in [5, 5.41) is 3.17. The normalized spacial score (nSPS) is 18.4. The Balaban J connectivity index is 1.93. The maximum absolute atomic E-state index is 12.2. The number of nitrogens with zero attached hydrogens (tertiary/aromatic N) is 1. The number of hydrogen-bond acceptors (Lipinski definition) is 4. The molecular weight excluding hydrogens is 332 g/mol. The molecule has 24 heavy (non-hydrogen) atoms. The number of rotatable bonds is 6. The van der Waals surface area contributed by atoms with E-state index in [-0.39, 0.29) is 24.8 Å². The highest BCUT2D eigenvalue weighted by molar-refractivity contribution is 6.31. The van der Waals surface area contributed by atoms with Crippen molar-refractivity contribution in [3.63, 3.8) is 0 Å². The minimum Gasteiger partial charge on any atom is -0.452 e. The Kier molecular flexibility index (Phi) is 6.20. The Bertz CT molecular complexity index is 635. The third-order valence-electron chi connectivity index (χ3n) is 3.88. The van der Waals surface area contributed by atoms with Gasteiger partial charge in [0.05, 0.1) is 5.92 Å². The van der Waals surface area contributed by atoms with Crippen LogP contribution in [0, 0.1) is 5.92 Å². The predicted octanol–water partition coefficient (Wildman–Crippen LogP) is 1.76. The summed E-state index contributed by atoms with van der Waals surface area (Å²) in [4.78, 5) is 37.5. The van der Waals surface area contributed by atoms with Gasteiger partial charge in [-0.15, -0.1) is 0 Å². The van der Waals surface area contributed by atoms with Gasteiger partial charge in [-0.1, -0.05) is 29.8 Å². The van der Waals surface area contributed by atoms with E-state index in [2.05, 4.69) is 5.32 Å². The molecule has 7 heteroatoms. The number of likely N-dealkylation sites (tertiary alicyclic amines) is 1. The highest BCUT2D eigenvalue weighted by Gasteiger charge is 2.36. The summed E-state index contributed by atoms with van der Waals surface area (Å²) < 4.78 is 5.16. The maximum Gasteiger partial charge on any atom is 0.312 e. The summed E-state index contributed by atoms with van der Waals surface area (Å²) in [7, 11) is 0. The van der Waals surface area contributed by atoms with Crippen molar-refractivity contribution in [2.75, 3.05) is 13.1 Å². The monoisotopic (exact) mass is 352 g/mol. The molecule has 1 aromatic carbocycles. The third-order valence-corrected chi connectivity index (χ3v) is 4.25. The first-order chi connectivity index (χ1) is 11.4. The number of nitrogens with one attached hydrogen (secondary N) is 1. The predicted molar refractivity (Wildman–Crippen MR) is 89.2 cm³/mol. The highest BCUT2D eigenvalue weighted by atomic mass is 35.5. The van der Waals surface area contributed by atoms with Crippen LogP contribution in [0.1, 0.15) is 25.8 Å². The molecule has 6 nitrogen and oxygen atoms in total. The minimum absolute atomic E-state index is 0.0887. The molecule has 0 unspecified atom stereocenters. The van der Waals surface area contributed by atoms with E-state index in [0.717, 1.165) is 5.56 Å². The van der Waals surface area contributed by atoms with Crippen molar-refractivity contribution < 1.29 is 19.1 Å². The van der Waals surface area contributed by atoms with Crippen LogP contribution in [0.5, 0.6) is 0 Å². The lowest BCUT2D eigenvalue weighted by atomic mass is 10.1. The smallest absolute Gasteiger partial charge is 0.312 e. The molecule has 2 atom stereocenters. The minimum atomic E-state index is -0.870. The van der Waals surface area contributed by atoms with E-state index >= 15 is 0 Å². The van der Waals surface area contributed by atoms with Crippen LogP contribution in [0.4, 0.5) is 0 Å². The van der Waals surface area contributed by atoms with Gasteiger partial charge >= 0.3 is 5.97 Å². The van der Waals surface area contributed by atoms with E-state index in [9.17, 15) is 14.4 Å². The van der Waals surface area contributed by atoms with Crippen molar-refractivity contribution in [2.24, 2.45) is 5.92 Å². The summed E-state index contributed by atoms with van der Waals surface area (Å²) in [5.74, 6) is -1.55. The fourth-order valence-corrected chi connectivity index (χ4v) is 2.75. The Morgan fingerprint density at radius 2 is 2.12 bits per heavy atom. The first kappa shape index (κ1) is 18.3. The van der Waals surface area contributed by atoms with Crippen molar-refractivity contribution in [3.05, 3.63) is 34.9 Å². The standard InChI is InChI=1S/C17H21ClN2O4/c1-3-19-16(22)11(2)24-17(23)13-8-15(21)20(10-13)9-12-6-4-5-7-14(12)18/h4-7,11,13H,3,8-10H2,1-2H3,(H,19,22)/t11-,13+/m0/s1. The summed E-state index contributed by atoms with van der Waals surface area (Å²) in [6.45, 7) is 4.39. The van der Waals surface area contributed by atoms with Gasteiger partial charge in [0.25, 0.3) is 5.91 Å². The van der Waals surface area contributed by atoms with Gasteiger partial charge in [-0.3, -0.25) is 14.4 Å². The van der Waals surface area contributed by atoms with Crippen LogP contribution in [0.15, 0.2) is 24.3 Å². The van der Waals surface area contributed by atoms with Gasteiger partial charge in [-0.05, 0) is 25.5 Å². The number of hydrogen-bond donors (Lipinski definition) is 1. The molecule has 1 heterocycles. The fourth-order valence-electron chi connectivity index (χ4n) is 2.56. The molecule has 1 saturated heterocycles. The van der Waals surface area contributed by atoms with Crippen LogP contribution in [0.25, 0.3) is 0 Å². The third kappa shape index (κ3) is 4.47. The van der Waals surface area contributed by atoms with E-state index in [1.165, 1.54) is 6.92 Å². The average Bonchev–Trinajstić information content (AvgIpc) is 2.91. The lowest BCUT2D eigenvalue weighted by Gasteiger charge is -2.18. The van der Waals surface area contributed by atoms with Gasteiger partial charge in [-0.25, -0.2) is 0 Å². The fraction of sp³-hybridized carbons (Fsp3) is 0.471. The van der Waals surface area contributed by atoms with Gasteiger partial charge in [-0.2, -0.15) is 0 Å². The lowest BCUT2D eigenvalue weighted by molar-refractivity contribution is -0.158. The highest BCUT2D eigenvalue weighted by Crippen LogP contribution is 2.24. The molecule has 1 aliphatic rings. The van der Waals surface area contributed by atoms with Crippen LogP contribution >= 0.6 is 11.6 Å². The van der Waals surface area contributed by atoms with Gasteiger partial charge in [0.15, 0.2) is 6.10 Å². The molecule has 1 N–H and O–H groups in total. The zero-order valence-corrected chi connectivity index (χ0v) is 14.5. The zero-order chi connectivity index (χ0) is 17.7. The van der Waals surface area contributed by atoms with E-state index in [1.807, 2.05) is 18.2 Å². The second kappa shape index (κ2) is 8.15. The molecule has 0 aliphatic carbocycles. The molecule has 2 amide bonds. The summed E-state index contributed by atoms with van der Waals surface area (Å²) in [6.07, 6.45) is -0.782. The van der Waals surface area contributed by atoms with Crippen molar-refractivity contribution >= 4 is 29.4 Å². The van der Waals surface area contributed by atoms with E-state index in [0.29, 0.717) is 18.1 Å². The van der Waals surface area contributed by atoms with Crippen LogP contribution in [-0.4, -0.2) is 41.9 Å². The molecule has 1 fully saturated rings. The number of carbonyl (C=O) groups excluding carboxylic acids is 3. The average molecular weight is 353 g/mol. The van der Waals surface area contributed by atoms with Crippen molar-refractivity contribution in [2.45, 2.75) is 32.9 Å². The molecule has 0 saturated carbocycles. The van der Waals surface area contributed by atoms with Crippen LogP contribution < -0.4 is 5.32 Å². The Morgan fingerprint density at radius 1 is 1.42 bits per heavy atom. The number of carbonyl (C=O) groups is 3. The quantitative estimate of drug-likeness (QED) is 0.791. The molecule has 2 rings (SSSR count). The molecule has 0 bridgehead atoms. The van der Waals surface area contributed by atoms with Gasteiger partial charge in [0.1, 0.15) is 0 Å². The van der Waals surface area contributed by atoms with Gasteiger partial charge in [0.2, 0.25) is 5.91 Å². The number of esters is 1. The molecule has 130 valence electrons. The molecule has 1 aliphatic heterocycles. The Morgan fingerprint density at radius 3 is 2.79 bits per heavy atom. The van der Waals surface area contributed by atoms with Crippen molar-refractivity contribution in [3.8, 4) is 0 Å². The zero-order valence-electron chi connectivity index (χ0n) is 13.8. The summed E-state index contributed by atoms with van der Waals surface area (Å²) >= 11 is 6.11. The first-order valence-electron chi connectivity index (χ1n) is 7.91. The van der Waals surface area contributed by atoms with Crippen molar-refractivity contribution in [1.29, 1.82) is 0 Å². The number of amides is 2. The number of ether oxygens (including phenoxy) is 1.